The van der Waals surface area contributed by atoms with Crippen molar-refractivity contribution in [3.63, 3.8) is 0 Å². The first kappa shape index (κ1) is 13.1. The van der Waals surface area contributed by atoms with Crippen LogP contribution < -0.4 is 5.32 Å². The van der Waals surface area contributed by atoms with Crippen molar-refractivity contribution in [2.24, 2.45) is 11.8 Å². The van der Waals surface area contributed by atoms with Crippen LogP contribution in [0.4, 0.5) is 5.69 Å². The Kier molecular flexibility index (Phi) is 4.37. The highest BCUT2D eigenvalue weighted by Gasteiger charge is 2.25. The smallest absolute Gasteiger partial charge is 0.227 e. The molecule has 3 nitrogen and oxygen atoms in total. The molecule has 0 spiro atoms. The topological polar surface area (TPSA) is 49.3 Å². The third kappa shape index (κ3) is 3.33. The van der Waals surface area contributed by atoms with E-state index in [2.05, 4.69) is 5.32 Å². The Morgan fingerprint density at radius 1 is 1.22 bits per heavy atom. The summed E-state index contributed by atoms with van der Waals surface area (Å²) in [5.41, 5.74) is 2.06. The Hall–Kier alpha value is -1.35. The molecule has 1 aromatic carbocycles. The molecule has 1 fully saturated rings. The minimum atomic E-state index is 0.106. The van der Waals surface area contributed by atoms with Gasteiger partial charge in [-0.05, 0) is 50.7 Å². The molecule has 2 N–H and O–H groups in total. The van der Waals surface area contributed by atoms with Crippen LogP contribution >= 0.6 is 0 Å². The third-order valence-corrected chi connectivity index (χ3v) is 3.79. The maximum atomic E-state index is 12.1. The Labute approximate surface area is 108 Å². The van der Waals surface area contributed by atoms with Crippen LogP contribution in [0.1, 0.15) is 31.2 Å². The lowest BCUT2D eigenvalue weighted by atomic mass is 9.82. The number of amides is 1. The molecule has 0 bridgehead atoms. The molecular formula is C15H21NO2. The SMILES string of the molecule is Cc1ccc(NC(=O)C2CCC(CO)CC2)cc1. The van der Waals surface area contributed by atoms with Gasteiger partial charge < -0.3 is 10.4 Å². The largest absolute Gasteiger partial charge is 0.396 e. The Bertz CT molecular complexity index is 391. The quantitative estimate of drug-likeness (QED) is 0.862. The van der Waals surface area contributed by atoms with Gasteiger partial charge in [-0.1, -0.05) is 17.7 Å². The highest BCUT2D eigenvalue weighted by atomic mass is 16.3. The van der Waals surface area contributed by atoms with E-state index < -0.39 is 0 Å². The van der Waals surface area contributed by atoms with Crippen LogP contribution in [0.5, 0.6) is 0 Å². The number of anilines is 1. The van der Waals surface area contributed by atoms with Gasteiger partial charge >= 0.3 is 0 Å². The monoisotopic (exact) mass is 247 g/mol. The second-order valence-electron chi connectivity index (χ2n) is 5.26. The zero-order valence-electron chi connectivity index (χ0n) is 10.9. The second-order valence-corrected chi connectivity index (χ2v) is 5.26. The normalized spacial score (nSPS) is 23.7. The average Bonchev–Trinajstić information content (AvgIpc) is 2.41. The van der Waals surface area contributed by atoms with Crippen molar-refractivity contribution in [1.29, 1.82) is 0 Å². The summed E-state index contributed by atoms with van der Waals surface area (Å²) < 4.78 is 0. The van der Waals surface area contributed by atoms with Crippen molar-refractivity contribution in [1.82, 2.24) is 0 Å². The van der Waals surface area contributed by atoms with Gasteiger partial charge in [0.1, 0.15) is 0 Å². The summed E-state index contributed by atoms with van der Waals surface area (Å²) in [6.07, 6.45) is 3.71. The zero-order chi connectivity index (χ0) is 13.0. The van der Waals surface area contributed by atoms with E-state index >= 15 is 0 Å². The maximum Gasteiger partial charge on any atom is 0.227 e. The Balaban J connectivity index is 1.87. The molecule has 1 amide bonds. The van der Waals surface area contributed by atoms with Gasteiger partial charge in [-0.15, -0.1) is 0 Å². The average molecular weight is 247 g/mol. The Morgan fingerprint density at radius 2 is 1.83 bits per heavy atom. The fourth-order valence-electron chi connectivity index (χ4n) is 2.49. The highest BCUT2D eigenvalue weighted by Crippen LogP contribution is 2.29. The van der Waals surface area contributed by atoms with Gasteiger partial charge in [-0.25, -0.2) is 0 Å². The molecular weight excluding hydrogens is 226 g/mol. The maximum absolute atomic E-state index is 12.1. The van der Waals surface area contributed by atoms with Crippen LogP contribution in [0.25, 0.3) is 0 Å². The lowest BCUT2D eigenvalue weighted by Gasteiger charge is -2.26. The van der Waals surface area contributed by atoms with Crippen LogP contribution in [0.2, 0.25) is 0 Å². The van der Waals surface area contributed by atoms with Crippen molar-refractivity contribution in [2.75, 3.05) is 11.9 Å². The number of hydrogen-bond acceptors (Lipinski definition) is 2. The summed E-state index contributed by atoms with van der Waals surface area (Å²) in [5.74, 6) is 0.623. The molecule has 0 aliphatic heterocycles. The molecule has 3 heteroatoms. The summed E-state index contributed by atoms with van der Waals surface area (Å²) in [6, 6.07) is 7.87. The first-order valence-corrected chi connectivity index (χ1v) is 6.67. The number of hydrogen-bond donors (Lipinski definition) is 2. The molecule has 1 aliphatic rings. The molecule has 0 saturated heterocycles. The van der Waals surface area contributed by atoms with E-state index in [0.717, 1.165) is 31.4 Å². The van der Waals surface area contributed by atoms with Crippen molar-refractivity contribution in [3.8, 4) is 0 Å². The molecule has 1 aromatic rings. The molecule has 18 heavy (non-hydrogen) atoms. The van der Waals surface area contributed by atoms with Crippen LogP contribution in [0.3, 0.4) is 0 Å². The summed E-state index contributed by atoms with van der Waals surface area (Å²) in [7, 11) is 0. The van der Waals surface area contributed by atoms with Crippen LogP contribution in [-0.4, -0.2) is 17.6 Å². The molecule has 0 radical (unpaired) electrons. The number of aliphatic hydroxyl groups is 1. The van der Waals surface area contributed by atoms with E-state index in [1.54, 1.807) is 0 Å². The van der Waals surface area contributed by atoms with Gasteiger partial charge in [0, 0.05) is 18.2 Å². The van der Waals surface area contributed by atoms with Crippen molar-refractivity contribution >= 4 is 11.6 Å². The molecule has 0 atom stereocenters. The fourth-order valence-corrected chi connectivity index (χ4v) is 2.49. The van der Waals surface area contributed by atoms with Crippen molar-refractivity contribution < 1.29 is 9.90 Å². The van der Waals surface area contributed by atoms with Gasteiger partial charge in [0.2, 0.25) is 5.91 Å². The zero-order valence-corrected chi connectivity index (χ0v) is 10.9. The van der Waals surface area contributed by atoms with Gasteiger partial charge in [0.15, 0.2) is 0 Å². The minimum Gasteiger partial charge on any atom is -0.396 e. The van der Waals surface area contributed by atoms with E-state index in [4.69, 9.17) is 5.11 Å². The lowest BCUT2D eigenvalue weighted by Crippen LogP contribution is -2.28. The van der Waals surface area contributed by atoms with Crippen LogP contribution in [0, 0.1) is 18.8 Å². The fraction of sp³-hybridized carbons (Fsp3) is 0.533. The van der Waals surface area contributed by atoms with Crippen LogP contribution in [-0.2, 0) is 4.79 Å². The first-order chi connectivity index (χ1) is 8.69. The molecule has 1 aliphatic carbocycles. The number of carbonyl (C=O) groups is 1. The summed E-state index contributed by atoms with van der Waals surface area (Å²) >= 11 is 0. The molecule has 0 heterocycles. The number of aryl methyl sites for hydroxylation is 1. The van der Waals surface area contributed by atoms with E-state index in [1.807, 2.05) is 31.2 Å². The summed E-state index contributed by atoms with van der Waals surface area (Å²) in [6.45, 7) is 2.29. The lowest BCUT2D eigenvalue weighted by molar-refractivity contribution is -0.121. The first-order valence-electron chi connectivity index (χ1n) is 6.67. The van der Waals surface area contributed by atoms with Gasteiger partial charge in [-0.3, -0.25) is 4.79 Å². The van der Waals surface area contributed by atoms with E-state index in [-0.39, 0.29) is 18.4 Å². The number of nitrogens with one attached hydrogen (secondary N) is 1. The molecule has 98 valence electrons. The van der Waals surface area contributed by atoms with Crippen molar-refractivity contribution in [3.05, 3.63) is 29.8 Å². The number of carbonyl (C=O) groups excluding carboxylic acids is 1. The molecule has 0 aromatic heterocycles. The molecule has 0 unspecified atom stereocenters. The predicted octanol–water partition coefficient (Wildman–Crippen LogP) is 2.73. The van der Waals surface area contributed by atoms with E-state index in [9.17, 15) is 4.79 Å². The number of benzene rings is 1. The third-order valence-electron chi connectivity index (χ3n) is 3.79. The van der Waals surface area contributed by atoms with Crippen molar-refractivity contribution in [2.45, 2.75) is 32.6 Å². The summed E-state index contributed by atoms with van der Waals surface area (Å²) in [5, 5.41) is 12.0. The Morgan fingerprint density at radius 3 is 2.39 bits per heavy atom. The predicted molar refractivity (Wildman–Crippen MR) is 72.3 cm³/mol. The summed E-state index contributed by atoms with van der Waals surface area (Å²) in [4.78, 5) is 12.1. The van der Waals surface area contributed by atoms with Crippen LogP contribution in [0.15, 0.2) is 24.3 Å². The minimum absolute atomic E-state index is 0.106. The van der Waals surface area contributed by atoms with E-state index in [0.29, 0.717) is 5.92 Å². The second kappa shape index (κ2) is 6.01. The van der Waals surface area contributed by atoms with Gasteiger partial charge in [-0.2, -0.15) is 0 Å². The standard InChI is InChI=1S/C15H21NO2/c1-11-2-8-14(9-3-11)16-15(18)13-6-4-12(10-17)5-7-13/h2-3,8-9,12-13,17H,4-7,10H2,1H3,(H,16,18). The van der Waals surface area contributed by atoms with Gasteiger partial charge in [0.25, 0.3) is 0 Å². The molecule has 1 saturated carbocycles. The highest BCUT2D eigenvalue weighted by molar-refractivity contribution is 5.92. The number of rotatable bonds is 3. The number of aliphatic hydroxyl groups excluding tert-OH is 1. The molecule has 2 rings (SSSR count). The van der Waals surface area contributed by atoms with E-state index in [1.165, 1.54) is 5.56 Å². The van der Waals surface area contributed by atoms with Gasteiger partial charge in [0.05, 0.1) is 0 Å².